The van der Waals surface area contributed by atoms with Crippen LogP contribution >= 0.6 is 0 Å². The van der Waals surface area contributed by atoms with Crippen molar-refractivity contribution in [1.82, 2.24) is 5.32 Å². The Hall–Kier alpha value is -3.35. The van der Waals surface area contributed by atoms with Crippen LogP contribution in [0.3, 0.4) is 0 Å². The number of hydrogen-bond donors (Lipinski definition) is 1. The molecule has 1 N–H and O–H groups in total. The van der Waals surface area contributed by atoms with Crippen molar-refractivity contribution in [2.24, 2.45) is 0 Å². The Morgan fingerprint density at radius 2 is 1.68 bits per heavy atom. The lowest BCUT2D eigenvalue weighted by atomic mass is 10.1. The van der Waals surface area contributed by atoms with E-state index in [4.69, 9.17) is 14.2 Å². The van der Waals surface area contributed by atoms with Crippen LogP contribution in [0.25, 0.3) is 0 Å². The lowest BCUT2D eigenvalue weighted by Gasteiger charge is -2.19. The van der Waals surface area contributed by atoms with Gasteiger partial charge in [0, 0.05) is 12.8 Å². The predicted molar refractivity (Wildman–Crippen MR) is 99.2 cm³/mol. The zero-order valence-corrected chi connectivity index (χ0v) is 15.2. The largest absolute Gasteiger partial charge is 0.463 e. The van der Waals surface area contributed by atoms with E-state index < -0.39 is 30.2 Å². The molecule has 2 aromatic carbocycles. The summed E-state index contributed by atoms with van der Waals surface area (Å²) in [5.74, 6) is -1.28. The van der Waals surface area contributed by atoms with Gasteiger partial charge in [-0.25, -0.2) is 14.4 Å². The van der Waals surface area contributed by atoms with E-state index in [2.05, 4.69) is 5.32 Å². The number of alkyl carbamates (subject to hydrolysis) is 1. The first-order valence-corrected chi connectivity index (χ1v) is 9.00. The van der Waals surface area contributed by atoms with Gasteiger partial charge < -0.3 is 19.5 Å². The highest BCUT2D eigenvalue weighted by Gasteiger charge is 2.33. The molecule has 1 amide bonds. The number of nitrogens with one attached hydrogen (secondary N) is 1. The molecule has 28 heavy (non-hydrogen) atoms. The molecule has 7 nitrogen and oxygen atoms in total. The predicted octanol–water partition coefficient (Wildman–Crippen LogP) is 2.38. The van der Waals surface area contributed by atoms with Crippen molar-refractivity contribution >= 4 is 18.0 Å². The van der Waals surface area contributed by atoms with Gasteiger partial charge in [-0.1, -0.05) is 60.7 Å². The van der Waals surface area contributed by atoms with E-state index >= 15 is 0 Å². The molecule has 0 radical (unpaired) electrons. The topological polar surface area (TPSA) is 90.9 Å². The molecule has 0 spiro atoms. The standard InChI is InChI=1S/C21H21NO6/c23-19(28-18-11-12-26-20(18)24)17(13-15-7-3-1-4-8-15)22-21(25)27-14-16-9-5-2-6-10-16/h1-10,17-18H,11-14H2,(H,22,25)/t17-,18+/m0/s1. The van der Waals surface area contributed by atoms with Crippen LogP contribution < -0.4 is 5.32 Å². The molecule has 3 rings (SSSR count). The van der Waals surface area contributed by atoms with Crippen LogP contribution in [-0.4, -0.2) is 36.8 Å². The zero-order chi connectivity index (χ0) is 19.8. The van der Waals surface area contributed by atoms with Gasteiger partial charge in [-0.15, -0.1) is 0 Å². The Labute approximate surface area is 162 Å². The van der Waals surface area contributed by atoms with Crippen LogP contribution in [0.15, 0.2) is 60.7 Å². The molecule has 1 saturated heterocycles. The van der Waals surface area contributed by atoms with Gasteiger partial charge in [0.15, 0.2) is 0 Å². The van der Waals surface area contributed by atoms with E-state index in [9.17, 15) is 14.4 Å². The fraction of sp³-hybridized carbons (Fsp3) is 0.286. The molecule has 0 unspecified atom stereocenters. The number of amides is 1. The van der Waals surface area contributed by atoms with E-state index in [-0.39, 0.29) is 19.6 Å². The number of benzene rings is 2. The fourth-order valence-electron chi connectivity index (χ4n) is 2.76. The SMILES string of the molecule is O=C(N[C@@H](Cc1ccccc1)C(=O)O[C@@H]1CCOC1=O)OCc1ccccc1. The van der Waals surface area contributed by atoms with Crippen LogP contribution in [0.1, 0.15) is 17.5 Å². The van der Waals surface area contributed by atoms with Gasteiger partial charge in [0.05, 0.1) is 6.61 Å². The summed E-state index contributed by atoms with van der Waals surface area (Å²) < 4.78 is 15.2. The van der Waals surface area contributed by atoms with E-state index in [1.54, 1.807) is 0 Å². The maximum Gasteiger partial charge on any atom is 0.408 e. The van der Waals surface area contributed by atoms with Crippen molar-refractivity contribution in [2.45, 2.75) is 31.6 Å². The molecule has 7 heteroatoms. The Kier molecular flexibility index (Phi) is 6.62. The second kappa shape index (κ2) is 9.55. The van der Waals surface area contributed by atoms with Crippen molar-refractivity contribution in [2.75, 3.05) is 6.61 Å². The van der Waals surface area contributed by atoms with Crippen molar-refractivity contribution in [3.8, 4) is 0 Å². The van der Waals surface area contributed by atoms with Gasteiger partial charge in [-0.05, 0) is 11.1 Å². The van der Waals surface area contributed by atoms with Crippen molar-refractivity contribution in [3.63, 3.8) is 0 Å². The first-order chi connectivity index (χ1) is 13.6. The molecular weight excluding hydrogens is 362 g/mol. The van der Waals surface area contributed by atoms with Crippen LogP contribution in [0.5, 0.6) is 0 Å². The minimum absolute atomic E-state index is 0.0781. The number of ether oxygens (including phenoxy) is 3. The highest BCUT2D eigenvalue weighted by molar-refractivity contribution is 5.85. The minimum Gasteiger partial charge on any atom is -0.463 e. The fourth-order valence-corrected chi connectivity index (χ4v) is 2.76. The molecule has 1 heterocycles. The summed E-state index contributed by atoms with van der Waals surface area (Å²) in [5, 5.41) is 2.54. The van der Waals surface area contributed by atoms with Gasteiger partial charge in [-0.2, -0.15) is 0 Å². The molecule has 0 bridgehead atoms. The number of rotatable bonds is 7. The van der Waals surface area contributed by atoms with Gasteiger partial charge in [-0.3, -0.25) is 0 Å². The van der Waals surface area contributed by atoms with Crippen LogP contribution in [0, 0.1) is 0 Å². The second-order valence-corrected chi connectivity index (χ2v) is 6.33. The molecule has 1 fully saturated rings. The van der Waals surface area contributed by atoms with Gasteiger partial charge in [0.25, 0.3) is 0 Å². The van der Waals surface area contributed by atoms with E-state index in [1.807, 2.05) is 60.7 Å². The summed E-state index contributed by atoms with van der Waals surface area (Å²) in [4.78, 5) is 36.3. The third-order valence-electron chi connectivity index (χ3n) is 4.22. The monoisotopic (exact) mass is 383 g/mol. The maximum atomic E-state index is 12.6. The summed E-state index contributed by atoms with van der Waals surface area (Å²) in [6.45, 7) is 0.293. The highest BCUT2D eigenvalue weighted by Crippen LogP contribution is 2.13. The highest BCUT2D eigenvalue weighted by atomic mass is 16.6. The Morgan fingerprint density at radius 1 is 1.04 bits per heavy atom. The molecule has 0 saturated carbocycles. The van der Waals surface area contributed by atoms with E-state index in [0.29, 0.717) is 6.42 Å². The molecular formula is C21H21NO6. The summed E-state index contributed by atoms with van der Waals surface area (Å²) in [6.07, 6.45) is -1.16. The van der Waals surface area contributed by atoms with Crippen LogP contribution in [-0.2, 0) is 36.8 Å². The average molecular weight is 383 g/mol. The average Bonchev–Trinajstić information content (AvgIpc) is 3.12. The molecule has 0 aliphatic carbocycles. The summed E-state index contributed by atoms with van der Waals surface area (Å²) >= 11 is 0. The zero-order valence-electron chi connectivity index (χ0n) is 15.2. The number of cyclic esters (lactones) is 1. The molecule has 2 aromatic rings. The smallest absolute Gasteiger partial charge is 0.408 e. The number of carbonyl (C=O) groups excluding carboxylic acids is 3. The molecule has 2 atom stereocenters. The quantitative estimate of drug-likeness (QED) is 0.583. The third-order valence-corrected chi connectivity index (χ3v) is 4.22. The normalized spacial score (nSPS) is 16.7. The Bertz CT molecular complexity index is 808. The van der Waals surface area contributed by atoms with E-state index in [1.165, 1.54) is 0 Å². The second-order valence-electron chi connectivity index (χ2n) is 6.33. The molecule has 146 valence electrons. The van der Waals surface area contributed by atoms with E-state index in [0.717, 1.165) is 11.1 Å². The summed E-state index contributed by atoms with van der Waals surface area (Å²) in [5.41, 5.74) is 1.66. The maximum absolute atomic E-state index is 12.6. The third kappa shape index (κ3) is 5.57. The number of hydrogen-bond acceptors (Lipinski definition) is 6. The first kappa shape index (κ1) is 19.4. The molecule has 0 aromatic heterocycles. The molecule has 1 aliphatic rings. The lowest BCUT2D eigenvalue weighted by Crippen LogP contribution is -2.45. The van der Waals surface area contributed by atoms with Gasteiger partial charge in [0.2, 0.25) is 6.10 Å². The summed E-state index contributed by atoms with van der Waals surface area (Å²) in [6, 6.07) is 17.4. The Balaban J connectivity index is 1.62. The Morgan fingerprint density at radius 3 is 2.29 bits per heavy atom. The van der Waals surface area contributed by atoms with Crippen molar-refractivity contribution < 1.29 is 28.6 Å². The lowest BCUT2D eigenvalue weighted by molar-refractivity contribution is -0.161. The van der Waals surface area contributed by atoms with Gasteiger partial charge in [0.1, 0.15) is 12.6 Å². The number of esters is 2. The summed E-state index contributed by atoms with van der Waals surface area (Å²) in [7, 11) is 0. The number of carbonyl (C=O) groups is 3. The van der Waals surface area contributed by atoms with Gasteiger partial charge >= 0.3 is 18.0 Å². The van der Waals surface area contributed by atoms with Crippen LogP contribution in [0.2, 0.25) is 0 Å². The first-order valence-electron chi connectivity index (χ1n) is 9.00. The molecule has 1 aliphatic heterocycles. The minimum atomic E-state index is -0.987. The van der Waals surface area contributed by atoms with Crippen molar-refractivity contribution in [3.05, 3.63) is 71.8 Å². The van der Waals surface area contributed by atoms with Crippen LogP contribution in [0.4, 0.5) is 4.79 Å². The van der Waals surface area contributed by atoms with Crippen molar-refractivity contribution in [1.29, 1.82) is 0 Å².